The Labute approximate surface area is 416 Å². The summed E-state index contributed by atoms with van der Waals surface area (Å²) in [7, 11) is 1.17. The van der Waals surface area contributed by atoms with Crippen LogP contribution in [0.5, 0.6) is 0 Å². The second kappa shape index (κ2) is 30.6. The molecule has 24 nitrogen and oxygen atoms in total. The van der Waals surface area contributed by atoms with Gasteiger partial charge in [-0.05, 0) is 73.7 Å². The largest absolute Gasteiger partial charge is 0.467 e. The standard InChI is InChI=1S/C46H71ClN10O14/c1-71-45(70)30(7-2-4-18-48)57(21-20-56(22-31(60)37(65)39(67)33(62)24-58)23-32(61)38(66)40(68)34(63)25-59)35(64)17-12-27-10-15-29(16-11-27)28-13-8-26(9-14-28)6-3-5-19-52-46(51)55-44(69)36-42(49)54-43(50)41(47)53-36/h8-11,13-16,30-34,37-40,58-63,65-68H,2-7,12,17-25,48H2,1H3,(H4,49,50,54)(H3,51,52,55,69)/t30-,31-,32-,33+,34+,37+,38+,39+,40+/m0/s1. The number of guanidine groups is 1. The molecule has 0 unspecified atom stereocenters. The monoisotopic (exact) mass is 1020 g/mol. The molecule has 9 atom stereocenters. The van der Waals surface area contributed by atoms with Crippen molar-refractivity contribution in [1.82, 2.24) is 30.4 Å². The predicted molar refractivity (Wildman–Crippen MR) is 261 cm³/mol. The summed E-state index contributed by atoms with van der Waals surface area (Å²) in [6.07, 6.45) is -11.8. The first kappa shape index (κ1) is 60.1. The van der Waals surface area contributed by atoms with Crippen molar-refractivity contribution in [3.8, 4) is 11.1 Å². The molecule has 3 aromatic rings. The van der Waals surface area contributed by atoms with E-state index >= 15 is 0 Å². The van der Waals surface area contributed by atoms with E-state index in [2.05, 4.69) is 20.6 Å². The van der Waals surface area contributed by atoms with Crippen molar-refractivity contribution in [2.45, 2.75) is 106 Å². The Morgan fingerprint density at radius 2 is 1.24 bits per heavy atom. The number of esters is 1. The minimum atomic E-state index is -2.02. The highest BCUT2D eigenvalue weighted by atomic mass is 35.5. The van der Waals surface area contributed by atoms with Gasteiger partial charge in [0.1, 0.15) is 42.7 Å². The molecular formula is C46H71ClN10O14. The lowest BCUT2D eigenvalue weighted by Gasteiger charge is -2.36. The van der Waals surface area contributed by atoms with E-state index < -0.39 is 99.0 Å². The lowest BCUT2D eigenvalue weighted by molar-refractivity contribution is -0.154. The third-order valence-electron chi connectivity index (χ3n) is 11.7. The van der Waals surface area contributed by atoms with Gasteiger partial charge >= 0.3 is 5.97 Å². The zero-order valence-corrected chi connectivity index (χ0v) is 40.4. The first-order valence-corrected chi connectivity index (χ1v) is 23.5. The number of hydrogen-bond donors (Lipinski definition) is 16. The normalized spacial score (nSPS) is 15.4. The maximum atomic E-state index is 14.1. The van der Waals surface area contributed by atoms with Crippen LogP contribution in [0.15, 0.2) is 48.5 Å². The number of aromatic nitrogens is 2. The van der Waals surface area contributed by atoms with E-state index in [1.54, 1.807) is 0 Å². The quantitative estimate of drug-likeness (QED) is 0.0131. The minimum absolute atomic E-state index is 0.0634. The number of aryl methyl sites for hydroxylation is 2. The molecule has 1 heterocycles. The first-order chi connectivity index (χ1) is 33.8. The van der Waals surface area contributed by atoms with Crippen LogP contribution in [0, 0.1) is 5.41 Å². The molecule has 19 N–H and O–H groups in total. The topological polar surface area (TPSA) is 421 Å². The summed E-state index contributed by atoms with van der Waals surface area (Å²) in [5.74, 6) is -2.50. The molecule has 396 valence electrons. The van der Waals surface area contributed by atoms with Gasteiger partial charge in [0.15, 0.2) is 28.4 Å². The molecule has 0 saturated carbocycles. The van der Waals surface area contributed by atoms with Crippen molar-refractivity contribution in [3.63, 3.8) is 0 Å². The number of carbonyl (C=O) groups excluding carboxylic acids is 3. The number of nitrogens with two attached hydrogens (primary N) is 3. The Balaban J connectivity index is 1.67. The summed E-state index contributed by atoms with van der Waals surface area (Å²) in [4.78, 5) is 49.9. The van der Waals surface area contributed by atoms with Crippen LogP contribution in [-0.4, -0.2) is 209 Å². The lowest BCUT2D eigenvalue weighted by atomic mass is 9.99. The van der Waals surface area contributed by atoms with Crippen molar-refractivity contribution in [2.75, 3.05) is 71.1 Å². The van der Waals surface area contributed by atoms with Crippen molar-refractivity contribution < 1.29 is 70.2 Å². The SMILES string of the molecule is COC(=O)[C@H](CCCCN)N(CCN(C[C@H](O)[C@@H](O)[C@H](O)[C@H](O)CO)C[C@H](O)[C@@H](O)[C@H](O)[C@H](O)CO)C(=O)CCc1ccc(-c2ccc(CCCCNC(=N)NC(=O)c3nc(Cl)c(N)nc3N)cc2)cc1. The highest BCUT2D eigenvalue weighted by Gasteiger charge is 2.36. The Hall–Kier alpha value is -5.19. The van der Waals surface area contributed by atoms with Crippen molar-refractivity contribution in [2.24, 2.45) is 5.73 Å². The summed E-state index contributed by atoms with van der Waals surface area (Å²) >= 11 is 5.84. The number of unbranched alkanes of at least 4 members (excludes halogenated alkanes) is 2. The molecule has 0 aliphatic carbocycles. The Morgan fingerprint density at radius 1 is 0.718 bits per heavy atom. The molecule has 2 amide bonds. The van der Waals surface area contributed by atoms with E-state index in [1.807, 2.05) is 48.5 Å². The third kappa shape index (κ3) is 19.1. The molecular weight excluding hydrogens is 952 g/mol. The fourth-order valence-electron chi connectivity index (χ4n) is 7.47. The number of ether oxygens (including phenoxy) is 1. The van der Waals surface area contributed by atoms with Crippen LogP contribution >= 0.6 is 11.6 Å². The van der Waals surface area contributed by atoms with Gasteiger partial charge in [0, 0.05) is 39.1 Å². The Kier molecular flexibility index (Phi) is 25.9. The highest BCUT2D eigenvalue weighted by molar-refractivity contribution is 6.31. The van der Waals surface area contributed by atoms with Gasteiger partial charge in [0.25, 0.3) is 5.91 Å². The van der Waals surface area contributed by atoms with Crippen LogP contribution in [0.2, 0.25) is 5.15 Å². The van der Waals surface area contributed by atoms with Crippen LogP contribution in [0.4, 0.5) is 11.6 Å². The molecule has 3 rings (SSSR count). The van der Waals surface area contributed by atoms with Crippen LogP contribution in [0.1, 0.15) is 60.1 Å². The van der Waals surface area contributed by atoms with Crippen molar-refractivity contribution >= 4 is 47.0 Å². The highest BCUT2D eigenvalue weighted by Crippen LogP contribution is 2.23. The lowest BCUT2D eigenvalue weighted by Crippen LogP contribution is -2.55. The molecule has 0 aliphatic heterocycles. The van der Waals surface area contributed by atoms with Crippen molar-refractivity contribution in [1.29, 1.82) is 5.41 Å². The first-order valence-electron chi connectivity index (χ1n) is 23.1. The number of nitrogen functional groups attached to an aromatic ring is 2. The molecule has 0 aliphatic rings. The van der Waals surface area contributed by atoms with E-state index in [9.17, 15) is 65.4 Å². The number of aliphatic hydroxyl groups is 10. The Morgan fingerprint density at radius 3 is 1.75 bits per heavy atom. The molecule has 0 radical (unpaired) electrons. The number of aliphatic hydroxyl groups excluding tert-OH is 10. The van der Waals surface area contributed by atoms with Gasteiger partial charge in [-0.25, -0.2) is 14.8 Å². The summed E-state index contributed by atoms with van der Waals surface area (Å²) in [6, 6.07) is 14.5. The summed E-state index contributed by atoms with van der Waals surface area (Å²) in [6.45, 7) is -2.76. The number of anilines is 2. The van der Waals surface area contributed by atoms with E-state index in [0.29, 0.717) is 32.4 Å². The van der Waals surface area contributed by atoms with Crippen LogP contribution < -0.4 is 27.8 Å². The number of halogens is 1. The van der Waals surface area contributed by atoms with Crippen LogP contribution in [0.25, 0.3) is 11.1 Å². The van der Waals surface area contributed by atoms with Gasteiger partial charge < -0.3 is 83.2 Å². The average molecular weight is 1020 g/mol. The number of nitrogens with one attached hydrogen (secondary N) is 3. The number of carbonyl (C=O) groups is 3. The van der Waals surface area contributed by atoms with E-state index in [0.717, 1.165) is 35.1 Å². The van der Waals surface area contributed by atoms with Gasteiger partial charge in [0.05, 0.1) is 32.5 Å². The third-order valence-corrected chi connectivity index (χ3v) is 12.0. The van der Waals surface area contributed by atoms with E-state index in [1.165, 1.54) is 16.9 Å². The zero-order chi connectivity index (χ0) is 52.8. The number of nitrogens with zero attached hydrogens (tertiary/aromatic N) is 4. The number of rotatable bonds is 31. The van der Waals surface area contributed by atoms with Gasteiger partial charge in [-0.15, -0.1) is 0 Å². The average Bonchev–Trinajstić information content (AvgIpc) is 3.36. The van der Waals surface area contributed by atoms with E-state index in [4.69, 9.17) is 38.9 Å². The van der Waals surface area contributed by atoms with Gasteiger partial charge in [-0.1, -0.05) is 60.1 Å². The molecule has 0 bridgehead atoms. The summed E-state index contributed by atoms with van der Waals surface area (Å²) in [5.41, 5.74) is 20.5. The number of amides is 2. The Bertz CT molecular complexity index is 2080. The smallest absolute Gasteiger partial charge is 0.328 e. The van der Waals surface area contributed by atoms with E-state index in [-0.39, 0.29) is 60.8 Å². The number of benzene rings is 2. The maximum Gasteiger partial charge on any atom is 0.328 e. The van der Waals surface area contributed by atoms with Gasteiger partial charge in [-0.2, -0.15) is 0 Å². The van der Waals surface area contributed by atoms with Crippen LogP contribution in [0.3, 0.4) is 0 Å². The number of hydrogen-bond acceptors (Lipinski definition) is 21. The summed E-state index contributed by atoms with van der Waals surface area (Å²) in [5, 5.41) is 115. The van der Waals surface area contributed by atoms with Crippen LogP contribution in [-0.2, 0) is 27.2 Å². The second-order valence-corrected chi connectivity index (χ2v) is 17.4. The molecule has 2 aromatic carbocycles. The maximum absolute atomic E-state index is 14.1. The van der Waals surface area contributed by atoms with Crippen molar-refractivity contribution in [3.05, 3.63) is 70.5 Å². The molecule has 71 heavy (non-hydrogen) atoms. The second-order valence-electron chi connectivity index (χ2n) is 17.0. The molecule has 1 aromatic heterocycles. The fourth-order valence-corrected chi connectivity index (χ4v) is 7.59. The summed E-state index contributed by atoms with van der Waals surface area (Å²) < 4.78 is 5.08. The fraction of sp³-hybridized carbons (Fsp3) is 0.565. The predicted octanol–water partition coefficient (Wildman–Crippen LogP) is -3.16. The number of methoxy groups -OCH3 is 1. The molecule has 0 saturated heterocycles. The van der Waals surface area contributed by atoms with Gasteiger partial charge in [0.2, 0.25) is 5.91 Å². The van der Waals surface area contributed by atoms with Gasteiger partial charge in [-0.3, -0.25) is 25.2 Å². The molecule has 0 fully saturated rings. The zero-order valence-electron chi connectivity index (χ0n) is 39.6. The molecule has 25 heteroatoms. The minimum Gasteiger partial charge on any atom is -0.467 e. The molecule has 0 spiro atoms.